The Hall–Kier alpha value is -4.09. The van der Waals surface area contributed by atoms with E-state index in [-0.39, 0.29) is 10.8 Å². The second kappa shape index (κ2) is 7.73. The number of nitrogens with one attached hydrogen (secondary N) is 1. The third-order valence-corrected chi connectivity index (χ3v) is 5.38. The highest BCUT2D eigenvalue weighted by molar-refractivity contribution is 7.92. The van der Waals surface area contributed by atoms with Gasteiger partial charge >= 0.3 is 5.97 Å². The molecule has 30 heavy (non-hydrogen) atoms. The van der Waals surface area contributed by atoms with Crippen molar-refractivity contribution in [2.24, 2.45) is 0 Å². The zero-order valence-electron chi connectivity index (χ0n) is 15.4. The number of nitrogens with zero attached hydrogens (tertiary/aromatic N) is 1. The summed E-state index contributed by atoms with van der Waals surface area (Å²) in [6, 6.07) is 18.0. The minimum absolute atomic E-state index is 0.0838. The van der Waals surface area contributed by atoms with Gasteiger partial charge in [0.15, 0.2) is 0 Å². The van der Waals surface area contributed by atoms with Crippen molar-refractivity contribution in [3.8, 4) is 11.8 Å². The maximum absolute atomic E-state index is 12.8. The minimum Gasteiger partial charge on any atom is -0.477 e. The number of rotatable bonds is 4. The van der Waals surface area contributed by atoms with Gasteiger partial charge in [-0.3, -0.25) is 4.72 Å². The average Bonchev–Trinajstić information content (AvgIpc) is 3.19. The lowest BCUT2D eigenvalue weighted by Crippen LogP contribution is -2.13. The number of fused-ring (bicyclic) bond motifs is 1. The lowest BCUT2D eigenvalue weighted by atomic mass is 10.1. The number of furan rings is 1. The topological polar surface area (TPSA) is 110 Å². The number of benzene rings is 2. The van der Waals surface area contributed by atoms with Crippen LogP contribution in [0, 0.1) is 11.8 Å². The molecular formula is C22H14N2O5S. The monoisotopic (exact) mass is 418 g/mol. The van der Waals surface area contributed by atoms with E-state index in [1.807, 2.05) is 0 Å². The summed E-state index contributed by atoms with van der Waals surface area (Å²) in [5.41, 5.74) is 1.62. The van der Waals surface area contributed by atoms with Crippen LogP contribution in [0.2, 0.25) is 0 Å². The Balaban J connectivity index is 1.63. The van der Waals surface area contributed by atoms with E-state index >= 15 is 0 Å². The van der Waals surface area contributed by atoms with Crippen LogP contribution in [0.25, 0.3) is 11.0 Å². The fourth-order valence-electron chi connectivity index (χ4n) is 2.70. The number of anilines is 1. The molecule has 0 fully saturated rings. The molecule has 4 aromatic rings. The van der Waals surface area contributed by atoms with Crippen LogP contribution >= 0.6 is 0 Å². The van der Waals surface area contributed by atoms with E-state index in [4.69, 9.17) is 9.52 Å². The van der Waals surface area contributed by atoms with Crippen molar-refractivity contribution in [1.29, 1.82) is 0 Å². The number of carbonyl (C=O) groups is 1. The van der Waals surface area contributed by atoms with E-state index in [2.05, 4.69) is 21.5 Å². The van der Waals surface area contributed by atoms with Gasteiger partial charge < -0.3 is 9.52 Å². The SMILES string of the molecule is O=C(O)c1ccc(C#Cc2ccccc2NS(=O)(=O)c2cc3ccccc3o2)cn1. The Morgan fingerprint density at radius 2 is 1.77 bits per heavy atom. The molecular weight excluding hydrogens is 404 g/mol. The molecule has 4 rings (SSSR count). The van der Waals surface area contributed by atoms with Crippen molar-refractivity contribution in [2.75, 3.05) is 4.72 Å². The third-order valence-electron chi connectivity index (χ3n) is 4.16. The van der Waals surface area contributed by atoms with Gasteiger partial charge in [-0.1, -0.05) is 42.2 Å². The number of hydrogen-bond acceptors (Lipinski definition) is 5. The van der Waals surface area contributed by atoms with Gasteiger partial charge in [0.1, 0.15) is 11.3 Å². The summed E-state index contributed by atoms with van der Waals surface area (Å²) in [6.07, 6.45) is 1.34. The van der Waals surface area contributed by atoms with Gasteiger partial charge in [0.05, 0.1) is 5.69 Å². The van der Waals surface area contributed by atoms with Gasteiger partial charge in [-0.2, -0.15) is 8.42 Å². The van der Waals surface area contributed by atoms with E-state index < -0.39 is 16.0 Å². The number of hydrogen-bond donors (Lipinski definition) is 2. The maximum Gasteiger partial charge on any atom is 0.354 e. The summed E-state index contributed by atoms with van der Waals surface area (Å²) in [6.45, 7) is 0. The van der Waals surface area contributed by atoms with E-state index in [0.717, 1.165) is 0 Å². The fourth-order valence-corrected chi connectivity index (χ4v) is 3.75. The van der Waals surface area contributed by atoms with Crippen LogP contribution in [0.5, 0.6) is 0 Å². The molecule has 0 amide bonds. The van der Waals surface area contributed by atoms with Crippen LogP contribution < -0.4 is 4.72 Å². The van der Waals surface area contributed by atoms with Crippen LogP contribution in [-0.4, -0.2) is 24.5 Å². The molecule has 0 unspecified atom stereocenters. The highest BCUT2D eigenvalue weighted by Gasteiger charge is 2.20. The summed E-state index contributed by atoms with van der Waals surface area (Å²) in [7, 11) is -3.96. The quantitative estimate of drug-likeness (QED) is 0.489. The molecule has 2 aromatic heterocycles. The summed E-state index contributed by atoms with van der Waals surface area (Å²) in [5, 5.41) is 9.39. The Kier molecular flexibility index (Phi) is 4.96. The molecule has 0 aliphatic carbocycles. The van der Waals surface area contributed by atoms with Gasteiger partial charge in [0, 0.05) is 28.8 Å². The molecule has 7 nitrogen and oxygen atoms in total. The van der Waals surface area contributed by atoms with E-state index in [0.29, 0.717) is 27.8 Å². The molecule has 0 saturated carbocycles. The molecule has 0 spiro atoms. The number of carboxylic acid groups (broad SMARTS) is 1. The first-order valence-corrected chi connectivity index (χ1v) is 10.2. The van der Waals surface area contributed by atoms with Crippen molar-refractivity contribution in [3.05, 3.63) is 89.7 Å². The average molecular weight is 418 g/mol. The highest BCUT2D eigenvalue weighted by atomic mass is 32.2. The first-order valence-electron chi connectivity index (χ1n) is 8.74. The molecule has 8 heteroatoms. The number of aromatic nitrogens is 1. The number of pyridine rings is 1. The summed E-state index contributed by atoms with van der Waals surface area (Å²) >= 11 is 0. The minimum atomic E-state index is -3.96. The number of sulfonamides is 1. The summed E-state index contributed by atoms with van der Waals surface area (Å²) in [5.74, 6) is 4.61. The largest absolute Gasteiger partial charge is 0.477 e. The van der Waals surface area contributed by atoms with Crippen LogP contribution in [0.1, 0.15) is 21.6 Å². The van der Waals surface area contributed by atoms with Crippen molar-refractivity contribution >= 4 is 32.6 Å². The van der Waals surface area contributed by atoms with Gasteiger partial charge in [-0.05, 0) is 30.3 Å². The number of para-hydroxylation sites is 2. The van der Waals surface area contributed by atoms with Gasteiger partial charge in [0.25, 0.3) is 10.0 Å². The molecule has 0 saturated heterocycles. The molecule has 2 heterocycles. The Bertz CT molecular complexity index is 1380. The summed E-state index contributed by atoms with van der Waals surface area (Å²) in [4.78, 5) is 14.7. The van der Waals surface area contributed by atoms with Crippen molar-refractivity contribution in [1.82, 2.24) is 4.98 Å². The normalized spacial score (nSPS) is 10.9. The Morgan fingerprint density at radius 3 is 2.50 bits per heavy atom. The highest BCUT2D eigenvalue weighted by Crippen LogP contribution is 2.25. The number of aromatic carboxylic acids is 1. The molecule has 0 atom stereocenters. The van der Waals surface area contributed by atoms with Crippen LogP contribution in [0.3, 0.4) is 0 Å². The van der Waals surface area contributed by atoms with E-state index in [9.17, 15) is 13.2 Å². The standard InChI is InChI=1S/C22H14N2O5S/c25-22(26)19-12-10-15(14-23-19)9-11-16-5-1-3-7-18(16)24-30(27,28)21-13-17-6-2-4-8-20(17)29-21/h1-8,10,12-14,24H,(H,25,26). The zero-order chi connectivity index (χ0) is 21.1. The van der Waals surface area contributed by atoms with Gasteiger partial charge in [-0.15, -0.1) is 0 Å². The Morgan fingerprint density at radius 1 is 1.00 bits per heavy atom. The smallest absolute Gasteiger partial charge is 0.354 e. The molecule has 0 radical (unpaired) electrons. The fraction of sp³-hybridized carbons (Fsp3) is 0. The first-order chi connectivity index (χ1) is 14.4. The lowest BCUT2D eigenvalue weighted by Gasteiger charge is -2.07. The second-order valence-corrected chi connectivity index (χ2v) is 7.85. The van der Waals surface area contributed by atoms with Gasteiger partial charge in [0.2, 0.25) is 5.09 Å². The number of carboxylic acids is 1. The van der Waals surface area contributed by atoms with Crippen LogP contribution in [0.15, 0.2) is 82.4 Å². The van der Waals surface area contributed by atoms with Crippen LogP contribution in [-0.2, 0) is 10.0 Å². The van der Waals surface area contributed by atoms with Crippen molar-refractivity contribution in [3.63, 3.8) is 0 Å². The van der Waals surface area contributed by atoms with Crippen molar-refractivity contribution in [2.45, 2.75) is 5.09 Å². The molecule has 2 N–H and O–H groups in total. The summed E-state index contributed by atoms with van der Waals surface area (Å²) < 4.78 is 33.5. The molecule has 0 aliphatic heterocycles. The first kappa shape index (κ1) is 19.2. The molecule has 0 bridgehead atoms. The zero-order valence-corrected chi connectivity index (χ0v) is 16.2. The van der Waals surface area contributed by atoms with Crippen LogP contribution in [0.4, 0.5) is 5.69 Å². The lowest BCUT2D eigenvalue weighted by molar-refractivity contribution is 0.0690. The van der Waals surface area contributed by atoms with Crippen molar-refractivity contribution < 1.29 is 22.7 Å². The molecule has 2 aromatic carbocycles. The molecule has 0 aliphatic rings. The molecule has 148 valence electrons. The Labute approximate surface area is 172 Å². The third kappa shape index (κ3) is 4.01. The van der Waals surface area contributed by atoms with Gasteiger partial charge in [-0.25, -0.2) is 9.78 Å². The maximum atomic E-state index is 12.8. The second-order valence-electron chi connectivity index (χ2n) is 6.24. The predicted octanol–water partition coefficient (Wildman–Crippen LogP) is 3.73. The van der Waals surface area contributed by atoms with E-state index in [1.165, 1.54) is 24.4 Å². The van der Waals surface area contributed by atoms with E-state index in [1.54, 1.807) is 48.5 Å². The predicted molar refractivity (Wildman–Crippen MR) is 111 cm³/mol.